The molecule has 1 amide bonds. The van der Waals surface area contributed by atoms with Crippen LogP contribution in [0.4, 0.5) is 0 Å². The molecule has 0 aliphatic carbocycles. The van der Waals surface area contributed by atoms with Crippen LogP contribution < -0.4 is 5.32 Å². The molecular formula is C10H20N2O4S. The van der Waals surface area contributed by atoms with E-state index >= 15 is 0 Å². The Morgan fingerprint density at radius 3 is 2.71 bits per heavy atom. The fourth-order valence-electron chi connectivity index (χ4n) is 1.97. The maximum absolute atomic E-state index is 11.9. The van der Waals surface area contributed by atoms with Gasteiger partial charge in [0.1, 0.15) is 0 Å². The van der Waals surface area contributed by atoms with Crippen LogP contribution in [0.2, 0.25) is 0 Å². The van der Waals surface area contributed by atoms with E-state index in [1.807, 2.05) is 0 Å². The average Bonchev–Trinajstić information content (AvgIpc) is 2.60. The summed E-state index contributed by atoms with van der Waals surface area (Å²) in [6.45, 7) is 1.09. The zero-order valence-electron chi connectivity index (χ0n) is 10.3. The fraction of sp³-hybridized carbons (Fsp3) is 0.900. The lowest BCUT2D eigenvalue weighted by Gasteiger charge is -2.28. The molecule has 1 saturated heterocycles. The molecule has 6 nitrogen and oxygen atoms in total. The van der Waals surface area contributed by atoms with Gasteiger partial charge in [-0.25, -0.2) is 8.42 Å². The molecule has 1 atom stereocenters. The van der Waals surface area contributed by atoms with E-state index in [1.54, 1.807) is 19.1 Å². The fourth-order valence-corrected chi connectivity index (χ4v) is 3.71. The first kappa shape index (κ1) is 14.4. The van der Waals surface area contributed by atoms with Gasteiger partial charge >= 0.3 is 0 Å². The van der Waals surface area contributed by atoms with Crippen molar-refractivity contribution in [1.29, 1.82) is 0 Å². The molecule has 0 radical (unpaired) electrons. The minimum Gasteiger partial charge on any atom is -0.383 e. The third kappa shape index (κ3) is 4.25. The first-order valence-electron chi connectivity index (χ1n) is 5.63. The highest BCUT2D eigenvalue weighted by Gasteiger charge is 2.34. The van der Waals surface area contributed by atoms with Crippen LogP contribution in [0.3, 0.4) is 0 Å². The molecule has 0 aromatic rings. The highest BCUT2D eigenvalue weighted by molar-refractivity contribution is 7.91. The lowest BCUT2D eigenvalue weighted by molar-refractivity contribution is -0.132. The second kappa shape index (κ2) is 6.32. The van der Waals surface area contributed by atoms with Gasteiger partial charge < -0.3 is 15.0 Å². The number of rotatable bonds is 6. The van der Waals surface area contributed by atoms with Crippen LogP contribution in [0.1, 0.15) is 6.42 Å². The number of nitrogens with one attached hydrogen (secondary N) is 1. The largest absolute Gasteiger partial charge is 0.383 e. The van der Waals surface area contributed by atoms with Gasteiger partial charge in [0, 0.05) is 19.7 Å². The van der Waals surface area contributed by atoms with Crippen molar-refractivity contribution < 1.29 is 17.9 Å². The van der Waals surface area contributed by atoms with Crippen molar-refractivity contribution in [2.45, 2.75) is 12.5 Å². The summed E-state index contributed by atoms with van der Waals surface area (Å²) in [5, 5.41) is 2.79. The number of amides is 1. The number of hydrogen-bond acceptors (Lipinski definition) is 5. The van der Waals surface area contributed by atoms with E-state index in [-0.39, 0.29) is 30.0 Å². The van der Waals surface area contributed by atoms with E-state index in [9.17, 15) is 13.2 Å². The van der Waals surface area contributed by atoms with Gasteiger partial charge in [-0.3, -0.25) is 4.79 Å². The molecular weight excluding hydrogens is 244 g/mol. The van der Waals surface area contributed by atoms with Gasteiger partial charge in [0.05, 0.1) is 24.7 Å². The SMILES string of the molecule is CNCC(=O)N(CCOC)C1CCS(=O)(=O)C1. The molecule has 0 aromatic heterocycles. The topological polar surface area (TPSA) is 75.7 Å². The van der Waals surface area contributed by atoms with Gasteiger partial charge in [0.25, 0.3) is 0 Å². The number of methoxy groups -OCH3 is 1. The molecule has 1 heterocycles. The first-order valence-corrected chi connectivity index (χ1v) is 7.45. The zero-order valence-corrected chi connectivity index (χ0v) is 11.1. The average molecular weight is 264 g/mol. The minimum absolute atomic E-state index is 0.0756. The maximum Gasteiger partial charge on any atom is 0.236 e. The van der Waals surface area contributed by atoms with Crippen molar-refractivity contribution in [2.24, 2.45) is 0 Å². The van der Waals surface area contributed by atoms with Crippen LogP contribution in [0, 0.1) is 0 Å². The first-order chi connectivity index (χ1) is 8.00. The molecule has 1 rings (SSSR count). The third-order valence-electron chi connectivity index (χ3n) is 2.83. The number of hydrogen-bond donors (Lipinski definition) is 1. The van der Waals surface area contributed by atoms with Gasteiger partial charge in [0.15, 0.2) is 9.84 Å². The van der Waals surface area contributed by atoms with E-state index < -0.39 is 9.84 Å². The van der Waals surface area contributed by atoms with Crippen molar-refractivity contribution in [2.75, 3.05) is 45.4 Å². The maximum atomic E-state index is 11.9. The van der Waals surface area contributed by atoms with Gasteiger partial charge in [-0.2, -0.15) is 0 Å². The molecule has 0 aromatic carbocycles. The van der Waals surface area contributed by atoms with E-state index in [1.165, 1.54) is 0 Å². The normalized spacial score (nSPS) is 22.6. The van der Waals surface area contributed by atoms with Crippen LogP contribution in [-0.2, 0) is 19.4 Å². The summed E-state index contributed by atoms with van der Waals surface area (Å²) in [7, 11) is 0.285. The molecule has 1 aliphatic heterocycles. The molecule has 1 N–H and O–H groups in total. The van der Waals surface area contributed by atoms with E-state index in [0.29, 0.717) is 19.6 Å². The number of sulfone groups is 1. The second-order valence-corrected chi connectivity index (χ2v) is 6.40. The highest BCUT2D eigenvalue weighted by atomic mass is 32.2. The number of carbonyl (C=O) groups is 1. The Morgan fingerprint density at radius 1 is 1.53 bits per heavy atom. The van der Waals surface area contributed by atoms with E-state index in [2.05, 4.69) is 5.32 Å². The van der Waals surface area contributed by atoms with Crippen molar-refractivity contribution >= 4 is 15.7 Å². The number of carbonyl (C=O) groups excluding carboxylic acids is 1. The van der Waals surface area contributed by atoms with E-state index in [4.69, 9.17) is 4.74 Å². The quantitative estimate of drug-likeness (QED) is 0.657. The second-order valence-electron chi connectivity index (χ2n) is 4.17. The summed E-state index contributed by atoms with van der Waals surface area (Å²) >= 11 is 0. The summed E-state index contributed by atoms with van der Waals surface area (Å²) in [4.78, 5) is 13.5. The summed E-state index contributed by atoms with van der Waals surface area (Å²) in [6.07, 6.45) is 0.529. The molecule has 0 bridgehead atoms. The Morgan fingerprint density at radius 2 is 2.24 bits per heavy atom. The van der Waals surface area contributed by atoms with Gasteiger partial charge in [-0.1, -0.05) is 0 Å². The number of likely N-dealkylation sites (N-methyl/N-ethyl adjacent to an activating group) is 1. The smallest absolute Gasteiger partial charge is 0.236 e. The standard InChI is InChI=1S/C10H20N2O4S/c1-11-7-10(13)12(4-5-16-2)9-3-6-17(14,15)8-9/h9,11H,3-8H2,1-2H3. The Kier molecular flexibility index (Phi) is 5.35. The predicted octanol–water partition coefficient (Wildman–Crippen LogP) is -1.13. The van der Waals surface area contributed by atoms with Crippen LogP contribution in [0.5, 0.6) is 0 Å². The van der Waals surface area contributed by atoms with Crippen molar-refractivity contribution in [1.82, 2.24) is 10.2 Å². The third-order valence-corrected chi connectivity index (χ3v) is 4.58. The van der Waals surface area contributed by atoms with Crippen LogP contribution in [0.15, 0.2) is 0 Å². The number of nitrogens with zero attached hydrogens (tertiary/aromatic N) is 1. The Labute approximate surface area is 102 Å². The molecule has 1 unspecified atom stereocenters. The predicted molar refractivity (Wildman–Crippen MR) is 64.6 cm³/mol. The van der Waals surface area contributed by atoms with Crippen molar-refractivity contribution in [3.8, 4) is 0 Å². The lowest BCUT2D eigenvalue weighted by Crippen LogP contribution is -2.46. The molecule has 100 valence electrons. The van der Waals surface area contributed by atoms with Gasteiger partial charge in [-0.15, -0.1) is 0 Å². The molecule has 1 fully saturated rings. The van der Waals surface area contributed by atoms with Crippen molar-refractivity contribution in [3.05, 3.63) is 0 Å². The van der Waals surface area contributed by atoms with Crippen LogP contribution in [0.25, 0.3) is 0 Å². The Hall–Kier alpha value is -0.660. The molecule has 17 heavy (non-hydrogen) atoms. The summed E-state index contributed by atoms with van der Waals surface area (Å²) in [5.41, 5.74) is 0. The lowest BCUT2D eigenvalue weighted by atomic mass is 10.2. The molecule has 1 aliphatic rings. The molecule has 7 heteroatoms. The monoisotopic (exact) mass is 264 g/mol. The van der Waals surface area contributed by atoms with Crippen molar-refractivity contribution in [3.63, 3.8) is 0 Å². The van der Waals surface area contributed by atoms with Gasteiger partial charge in [-0.05, 0) is 13.5 Å². The van der Waals surface area contributed by atoms with E-state index in [0.717, 1.165) is 0 Å². The summed E-state index contributed by atoms with van der Waals surface area (Å²) in [6, 6.07) is -0.198. The Balaban J connectivity index is 2.66. The molecule has 0 saturated carbocycles. The number of ether oxygens (including phenoxy) is 1. The van der Waals surface area contributed by atoms with Crippen LogP contribution in [-0.4, -0.2) is 70.6 Å². The highest BCUT2D eigenvalue weighted by Crippen LogP contribution is 2.17. The van der Waals surface area contributed by atoms with Gasteiger partial charge in [0.2, 0.25) is 5.91 Å². The van der Waals surface area contributed by atoms with Crippen LogP contribution >= 0.6 is 0 Å². The molecule has 0 spiro atoms. The summed E-state index contributed by atoms with van der Waals surface area (Å²) in [5.74, 6) is 0.173. The Bertz CT molecular complexity index is 355. The zero-order chi connectivity index (χ0) is 12.9. The minimum atomic E-state index is -2.97. The summed E-state index contributed by atoms with van der Waals surface area (Å²) < 4.78 is 27.8.